The first-order valence-electron chi connectivity index (χ1n) is 9.90. The normalized spacial score (nSPS) is 35.9. The predicted octanol–water partition coefficient (Wildman–Crippen LogP) is 7.08. The molecule has 2 aliphatic carbocycles. The zero-order valence-corrected chi connectivity index (χ0v) is 15.5. The second kappa shape index (κ2) is 7.51. The van der Waals surface area contributed by atoms with Crippen LogP contribution in [0, 0.1) is 35.0 Å². The Morgan fingerprint density at radius 2 is 1.52 bits per heavy atom. The van der Waals surface area contributed by atoms with E-state index in [0.29, 0.717) is 5.41 Å². The quantitative estimate of drug-likeness (QED) is 0.507. The summed E-state index contributed by atoms with van der Waals surface area (Å²) in [5, 5.41) is 0. The molecule has 0 aliphatic heterocycles. The van der Waals surface area contributed by atoms with Crippen LogP contribution in [0.1, 0.15) is 98.8 Å². The van der Waals surface area contributed by atoms with Crippen LogP contribution in [0.15, 0.2) is 0 Å². The van der Waals surface area contributed by atoms with E-state index >= 15 is 0 Å². The molecule has 0 aromatic rings. The van der Waals surface area contributed by atoms with E-state index in [1.807, 2.05) is 0 Å². The molecule has 0 radical (unpaired) electrons. The molecule has 0 heterocycles. The summed E-state index contributed by atoms with van der Waals surface area (Å²) in [4.78, 5) is 0. The molecule has 3 unspecified atom stereocenters. The standard InChI is InChI=1S/C21H40/c1-6-17-9-11-18(12-10-17)8-7-16(2)19-13-14-20(15-19)21(3,4)5/h16-20H,6-15H2,1-5H3. The van der Waals surface area contributed by atoms with Crippen molar-refractivity contribution < 1.29 is 0 Å². The van der Waals surface area contributed by atoms with Gasteiger partial charge in [-0.25, -0.2) is 0 Å². The third kappa shape index (κ3) is 5.00. The molecule has 2 aliphatic rings. The highest BCUT2D eigenvalue weighted by molar-refractivity contribution is 4.85. The maximum Gasteiger partial charge on any atom is -0.0354 e. The Balaban J connectivity index is 1.67. The van der Waals surface area contributed by atoms with Crippen LogP contribution >= 0.6 is 0 Å². The van der Waals surface area contributed by atoms with Gasteiger partial charge in [-0.1, -0.05) is 79.6 Å². The number of hydrogen-bond acceptors (Lipinski definition) is 0. The highest BCUT2D eigenvalue weighted by atomic mass is 14.4. The Labute approximate surface area is 134 Å². The molecule has 0 nitrogen and oxygen atoms in total. The van der Waals surface area contributed by atoms with E-state index in [1.54, 1.807) is 0 Å². The minimum atomic E-state index is 0.535. The van der Waals surface area contributed by atoms with Crippen LogP contribution in [-0.2, 0) is 0 Å². The largest absolute Gasteiger partial charge is 0.0651 e. The summed E-state index contributed by atoms with van der Waals surface area (Å²) in [6, 6.07) is 0. The molecule has 0 saturated heterocycles. The lowest BCUT2D eigenvalue weighted by Crippen LogP contribution is -2.19. The molecule has 124 valence electrons. The van der Waals surface area contributed by atoms with Gasteiger partial charge >= 0.3 is 0 Å². The lowest BCUT2D eigenvalue weighted by atomic mass is 9.76. The molecular weight excluding hydrogens is 252 g/mol. The fourth-order valence-corrected chi connectivity index (χ4v) is 4.98. The van der Waals surface area contributed by atoms with Crippen molar-refractivity contribution in [3.05, 3.63) is 0 Å². The van der Waals surface area contributed by atoms with Gasteiger partial charge in [-0.05, 0) is 54.3 Å². The van der Waals surface area contributed by atoms with Gasteiger partial charge in [-0.2, -0.15) is 0 Å². The zero-order valence-electron chi connectivity index (χ0n) is 15.5. The van der Waals surface area contributed by atoms with Gasteiger partial charge in [0.25, 0.3) is 0 Å². The third-order valence-electron chi connectivity index (χ3n) is 7.08. The molecule has 2 saturated carbocycles. The minimum absolute atomic E-state index is 0.535. The fourth-order valence-electron chi connectivity index (χ4n) is 4.98. The highest BCUT2D eigenvalue weighted by Crippen LogP contribution is 2.46. The summed E-state index contributed by atoms with van der Waals surface area (Å²) in [5.41, 5.74) is 0.535. The Bertz CT molecular complexity index is 290. The van der Waals surface area contributed by atoms with Gasteiger partial charge in [0, 0.05) is 0 Å². The van der Waals surface area contributed by atoms with Gasteiger partial charge in [-0.15, -0.1) is 0 Å². The van der Waals surface area contributed by atoms with Crippen LogP contribution in [0.4, 0.5) is 0 Å². The lowest BCUT2D eigenvalue weighted by Gasteiger charge is -2.30. The van der Waals surface area contributed by atoms with Crippen molar-refractivity contribution in [3.8, 4) is 0 Å². The van der Waals surface area contributed by atoms with Crippen molar-refractivity contribution in [1.29, 1.82) is 0 Å². The Morgan fingerprint density at radius 3 is 2.05 bits per heavy atom. The van der Waals surface area contributed by atoms with E-state index in [1.165, 1.54) is 64.2 Å². The summed E-state index contributed by atoms with van der Waals surface area (Å²) >= 11 is 0. The van der Waals surface area contributed by atoms with Gasteiger partial charge in [0.2, 0.25) is 0 Å². The number of hydrogen-bond donors (Lipinski definition) is 0. The highest BCUT2D eigenvalue weighted by Gasteiger charge is 2.35. The molecular formula is C21H40. The third-order valence-corrected chi connectivity index (χ3v) is 7.08. The monoisotopic (exact) mass is 292 g/mol. The van der Waals surface area contributed by atoms with Gasteiger partial charge in [-0.3, -0.25) is 0 Å². The van der Waals surface area contributed by atoms with Crippen LogP contribution in [0.2, 0.25) is 0 Å². The van der Waals surface area contributed by atoms with E-state index in [-0.39, 0.29) is 0 Å². The van der Waals surface area contributed by atoms with E-state index < -0.39 is 0 Å². The van der Waals surface area contributed by atoms with Gasteiger partial charge < -0.3 is 0 Å². The summed E-state index contributed by atoms with van der Waals surface area (Å²) in [6.07, 6.45) is 15.0. The minimum Gasteiger partial charge on any atom is -0.0651 e. The molecule has 0 spiro atoms. The molecule has 0 N–H and O–H groups in total. The first-order chi connectivity index (χ1) is 9.90. The van der Waals surface area contributed by atoms with E-state index in [2.05, 4.69) is 34.6 Å². The van der Waals surface area contributed by atoms with Gasteiger partial charge in [0.15, 0.2) is 0 Å². The molecule has 2 rings (SSSR count). The molecule has 3 atom stereocenters. The summed E-state index contributed by atoms with van der Waals surface area (Å²) in [5.74, 6) is 5.10. The smallest absolute Gasteiger partial charge is 0.0354 e. The van der Waals surface area contributed by atoms with Crippen molar-refractivity contribution in [2.24, 2.45) is 35.0 Å². The zero-order chi connectivity index (χ0) is 15.5. The Hall–Kier alpha value is 0. The van der Waals surface area contributed by atoms with Gasteiger partial charge in [0.1, 0.15) is 0 Å². The summed E-state index contributed by atoms with van der Waals surface area (Å²) in [6.45, 7) is 12.2. The van der Waals surface area contributed by atoms with Crippen molar-refractivity contribution in [3.63, 3.8) is 0 Å². The summed E-state index contributed by atoms with van der Waals surface area (Å²) in [7, 11) is 0. The van der Waals surface area contributed by atoms with Gasteiger partial charge in [0.05, 0.1) is 0 Å². The average molecular weight is 293 g/mol. The molecule has 21 heavy (non-hydrogen) atoms. The Kier molecular flexibility index (Phi) is 6.21. The van der Waals surface area contributed by atoms with Crippen LogP contribution in [-0.4, -0.2) is 0 Å². The van der Waals surface area contributed by atoms with E-state index in [9.17, 15) is 0 Å². The topological polar surface area (TPSA) is 0 Å². The number of rotatable bonds is 5. The van der Waals surface area contributed by atoms with Crippen molar-refractivity contribution in [2.75, 3.05) is 0 Å². The van der Waals surface area contributed by atoms with E-state index in [4.69, 9.17) is 0 Å². The predicted molar refractivity (Wildman–Crippen MR) is 94.4 cm³/mol. The van der Waals surface area contributed by atoms with Crippen LogP contribution in [0.3, 0.4) is 0 Å². The molecule has 0 bridgehead atoms. The maximum absolute atomic E-state index is 2.55. The van der Waals surface area contributed by atoms with E-state index in [0.717, 1.165) is 29.6 Å². The van der Waals surface area contributed by atoms with Crippen LogP contribution < -0.4 is 0 Å². The Morgan fingerprint density at radius 1 is 0.905 bits per heavy atom. The summed E-state index contributed by atoms with van der Waals surface area (Å²) < 4.78 is 0. The van der Waals surface area contributed by atoms with Crippen molar-refractivity contribution in [1.82, 2.24) is 0 Å². The molecule has 0 amide bonds. The molecule has 0 aromatic heterocycles. The van der Waals surface area contributed by atoms with Crippen LogP contribution in [0.5, 0.6) is 0 Å². The SMILES string of the molecule is CCC1CCC(CCC(C)C2CCC(C(C)(C)C)C2)CC1. The maximum atomic E-state index is 2.55. The first kappa shape index (κ1) is 17.4. The first-order valence-corrected chi connectivity index (χ1v) is 9.90. The average Bonchev–Trinajstić information content (AvgIpc) is 2.95. The van der Waals surface area contributed by atoms with Crippen LogP contribution in [0.25, 0.3) is 0 Å². The second-order valence-corrected chi connectivity index (χ2v) is 9.49. The van der Waals surface area contributed by atoms with Crippen molar-refractivity contribution >= 4 is 0 Å². The van der Waals surface area contributed by atoms with Crippen molar-refractivity contribution in [2.45, 2.75) is 98.8 Å². The lowest BCUT2D eigenvalue weighted by molar-refractivity contribution is 0.212. The molecule has 2 fully saturated rings. The molecule has 0 heteroatoms. The fraction of sp³-hybridized carbons (Fsp3) is 1.00. The second-order valence-electron chi connectivity index (χ2n) is 9.49. The molecule has 0 aromatic carbocycles.